The van der Waals surface area contributed by atoms with E-state index in [1.54, 1.807) is 0 Å². The van der Waals surface area contributed by atoms with Crippen LogP contribution in [0.1, 0.15) is 78.4 Å². The highest BCUT2D eigenvalue weighted by Gasteiger charge is 2.29. The summed E-state index contributed by atoms with van der Waals surface area (Å²) in [6.45, 7) is 12.5. The van der Waals surface area contributed by atoms with Crippen molar-refractivity contribution >= 4 is 5.97 Å². The molecule has 0 saturated carbocycles. The van der Waals surface area contributed by atoms with Gasteiger partial charge in [-0.1, -0.05) is 99.5 Å². The van der Waals surface area contributed by atoms with Gasteiger partial charge in [-0.15, -0.1) is 0 Å². The first-order chi connectivity index (χ1) is 19.6. The van der Waals surface area contributed by atoms with E-state index in [1.165, 1.54) is 5.56 Å². The first kappa shape index (κ1) is 30.1. The van der Waals surface area contributed by atoms with Crippen LogP contribution in [0, 0.1) is 5.41 Å². The van der Waals surface area contributed by atoms with Gasteiger partial charge in [-0.3, -0.25) is 4.79 Å². The van der Waals surface area contributed by atoms with Crippen molar-refractivity contribution in [2.24, 2.45) is 5.41 Å². The summed E-state index contributed by atoms with van der Waals surface area (Å²) in [5.74, 6) is 1.31. The second-order valence-corrected chi connectivity index (χ2v) is 12.2. The lowest BCUT2D eigenvalue weighted by molar-refractivity contribution is -0.144. The van der Waals surface area contributed by atoms with Crippen molar-refractivity contribution in [3.63, 3.8) is 0 Å². The fraction of sp³-hybridized carbons (Fsp3) is 0.342. The monoisotopic (exact) mass is 548 g/mol. The second kappa shape index (κ2) is 13.2. The number of carbonyl (C=O) groups excluding carboxylic acids is 1. The number of benzene rings is 4. The molecule has 0 aliphatic heterocycles. The molecule has 0 unspecified atom stereocenters. The lowest BCUT2D eigenvalue weighted by Crippen LogP contribution is -2.29. The molecule has 0 bridgehead atoms. The summed E-state index contributed by atoms with van der Waals surface area (Å²) in [5.41, 5.74) is 5.74. The first-order valence-corrected chi connectivity index (χ1v) is 14.9. The van der Waals surface area contributed by atoms with Crippen LogP contribution in [0.3, 0.4) is 0 Å². The standard InChI is InChI=1S/C38H44O3/c1-7-23-37(3,4)36(39)40-34-21-19-28(26-32(34)30-15-11-9-12-16-30)25-29-20-22-35(41-38(5,6)24-8-2)33(27-29)31-17-13-10-14-18-31/h9-22,26-27H,7-8,23-25H2,1-6H3. The number of hydrogen-bond donors (Lipinski definition) is 0. The summed E-state index contributed by atoms with van der Waals surface area (Å²) in [5, 5.41) is 0. The van der Waals surface area contributed by atoms with Crippen LogP contribution >= 0.6 is 0 Å². The van der Waals surface area contributed by atoms with Crippen molar-refractivity contribution in [1.82, 2.24) is 0 Å². The minimum Gasteiger partial charge on any atom is -0.487 e. The summed E-state index contributed by atoms with van der Waals surface area (Å²) in [6, 6.07) is 33.3. The Morgan fingerprint density at radius 3 is 1.63 bits per heavy atom. The quantitative estimate of drug-likeness (QED) is 0.130. The van der Waals surface area contributed by atoms with E-state index in [4.69, 9.17) is 9.47 Å². The van der Waals surface area contributed by atoms with Crippen molar-refractivity contribution in [3.8, 4) is 33.8 Å². The average Bonchev–Trinajstić information content (AvgIpc) is 2.95. The van der Waals surface area contributed by atoms with E-state index in [0.29, 0.717) is 5.75 Å². The zero-order valence-electron chi connectivity index (χ0n) is 25.5. The predicted octanol–water partition coefficient (Wildman–Crippen LogP) is 10.3. The highest BCUT2D eigenvalue weighted by molar-refractivity contribution is 5.82. The molecule has 41 heavy (non-hydrogen) atoms. The lowest BCUT2D eigenvalue weighted by Gasteiger charge is -2.28. The van der Waals surface area contributed by atoms with E-state index < -0.39 is 5.41 Å². The molecule has 3 heteroatoms. The van der Waals surface area contributed by atoms with Crippen LogP contribution in [0.5, 0.6) is 11.5 Å². The minimum atomic E-state index is -0.537. The van der Waals surface area contributed by atoms with Gasteiger partial charge >= 0.3 is 5.97 Å². The average molecular weight is 549 g/mol. The Balaban J connectivity index is 1.69. The maximum absolute atomic E-state index is 13.1. The molecular weight excluding hydrogens is 504 g/mol. The summed E-state index contributed by atoms with van der Waals surface area (Å²) < 4.78 is 12.6. The molecule has 0 aromatic heterocycles. The van der Waals surface area contributed by atoms with E-state index in [1.807, 2.05) is 44.2 Å². The van der Waals surface area contributed by atoms with Crippen LogP contribution in [0.25, 0.3) is 22.3 Å². The zero-order valence-corrected chi connectivity index (χ0v) is 25.5. The molecular formula is C38H44O3. The van der Waals surface area contributed by atoms with Gasteiger partial charge in [0.1, 0.15) is 17.1 Å². The van der Waals surface area contributed by atoms with Crippen LogP contribution in [0.15, 0.2) is 97.1 Å². The van der Waals surface area contributed by atoms with Gasteiger partial charge in [0, 0.05) is 11.1 Å². The zero-order chi connectivity index (χ0) is 29.5. The number of rotatable bonds is 12. The van der Waals surface area contributed by atoms with Crippen molar-refractivity contribution in [1.29, 1.82) is 0 Å². The number of ether oxygens (including phenoxy) is 2. The van der Waals surface area contributed by atoms with E-state index in [0.717, 1.165) is 65.7 Å². The number of carbonyl (C=O) groups is 1. The molecule has 0 spiro atoms. The van der Waals surface area contributed by atoms with Crippen LogP contribution in [-0.2, 0) is 11.2 Å². The molecule has 4 aromatic carbocycles. The van der Waals surface area contributed by atoms with Gasteiger partial charge in [0.2, 0.25) is 0 Å². The molecule has 0 fully saturated rings. The third-order valence-electron chi connectivity index (χ3n) is 7.53. The normalized spacial score (nSPS) is 11.8. The summed E-state index contributed by atoms with van der Waals surface area (Å²) in [4.78, 5) is 13.1. The van der Waals surface area contributed by atoms with Crippen LogP contribution in [-0.4, -0.2) is 11.6 Å². The minimum absolute atomic E-state index is 0.196. The van der Waals surface area contributed by atoms with Crippen LogP contribution in [0.2, 0.25) is 0 Å². The van der Waals surface area contributed by atoms with Crippen molar-refractivity contribution in [2.45, 2.75) is 79.2 Å². The fourth-order valence-electron chi connectivity index (χ4n) is 5.39. The van der Waals surface area contributed by atoms with Gasteiger partial charge in [-0.25, -0.2) is 0 Å². The van der Waals surface area contributed by atoms with E-state index in [-0.39, 0.29) is 11.6 Å². The maximum Gasteiger partial charge on any atom is 0.316 e. The third kappa shape index (κ3) is 7.88. The molecule has 0 radical (unpaired) electrons. The number of esters is 1. The van der Waals surface area contributed by atoms with Crippen molar-refractivity contribution in [2.75, 3.05) is 0 Å². The Kier molecular flexibility index (Phi) is 9.70. The molecule has 3 nitrogen and oxygen atoms in total. The van der Waals surface area contributed by atoms with Gasteiger partial charge < -0.3 is 9.47 Å². The van der Waals surface area contributed by atoms with E-state index >= 15 is 0 Å². The molecule has 4 rings (SSSR count). The van der Waals surface area contributed by atoms with Gasteiger partial charge in [0.25, 0.3) is 0 Å². The predicted molar refractivity (Wildman–Crippen MR) is 171 cm³/mol. The fourth-order valence-corrected chi connectivity index (χ4v) is 5.39. The smallest absolute Gasteiger partial charge is 0.316 e. The SMILES string of the molecule is CCCC(C)(C)Oc1ccc(Cc2ccc(OC(=O)C(C)(C)CCC)c(-c3ccccc3)c2)cc1-c1ccccc1. The molecule has 214 valence electrons. The molecule has 0 atom stereocenters. The van der Waals surface area contributed by atoms with Crippen LogP contribution < -0.4 is 9.47 Å². The maximum atomic E-state index is 13.1. The molecule has 4 aromatic rings. The Bertz CT molecular complexity index is 1440. The summed E-state index contributed by atoms with van der Waals surface area (Å²) >= 11 is 0. The molecule has 0 saturated heterocycles. The Morgan fingerprint density at radius 1 is 0.634 bits per heavy atom. The van der Waals surface area contributed by atoms with Crippen molar-refractivity contribution in [3.05, 3.63) is 108 Å². The lowest BCUT2D eigenvalue weighted by atomic mass is 9.88. The van der Waals surface area contributed by atoms with Gasteiger partial charge in [0.05, 0.1) is 5.41 Å². The topological polar surface area (TPSA) is 35.5 Å². The molecule has 0 aliphatic carbocycles. The first-order valence-electron chi connectivity index (χ1n) is 14.9. The van der Waals surface area contributed by atoms with Gasteiger partial charge in [-0.05, 0) is 93.5 Å². The summed E-state index contributed by atoms with van der Waals surface area (Å²) in [7, 11) is 0. The highest BCUT2D eigenvalue weighted by atomic mass is 16.5. The highest BCUT2D eigenvalue weighted by Crippen LogP contribution is 2.37. The van der Waals surface area contributed by atoms with E-state index in [9.17, 15) is 4.79 Å². The van der Waals surface area contributed by atoms with E-state index in [2.05, 4.69) is 94.4 Å². The van der Waals surface area contributed by atoms with Gasteiger partial charge in [-0.2, -0.15) is 0 Å². The molecule has 0 amide bonds. The number of hydrogen-bond acceptors (Lipinski definition) is 3. The van der Waals surface area contributed by atoms with Crippen molar-refractivity contribution < 1.29 is 14.3 Å². The Labute approximate surface area is 246 Å². The van der Waals surface area contributed by atoms with Crippen LogP contribution in [0.4, 0.5) is 0 Å². The second-order valence-electron chi connectivity index (χ2n) is 12.2. The Morgan fingerprint density at radius 2 is 1.12 bits per heavy atom. The molecule has 0 heterocycles. The third-order valence-corrected chi connectivity index (χ3v) is 7.53. The van der Waals surface area contributed by atoms with Gasteiger partial charge in [0.15, 0.2) is 0 Å². The summed E-state index contributed by atoms with van der Waals surface area (Å²) in [6.07, 6.45) is 4.50. The Hall–Kier alpha value is -3.85. The molecule has 0 aliphatic rings. The molecule has 0 N–H and O–H groups in total. The largest absolute Gasteiger partial charge is 0.487 e.